The van der Waals surface area contributed by atoms with Crippen molar-refractivity contribution in [1.29, 1.82) is 0 Å². The molecule has 0 bridgehead atoms. The smallest absolute Gasteiger partial charge is 0.0923 e. The Morgan fingerprint density at radius 3 is 2.50 bits per heavy atom. The zero-order valence-corrected chi connectivity index (χ0v) is 10.7. The Morgan fingerprint density at radius 2 is 1.93 bits per heavy atom. The van der Waals surface area contributed by atoms with Gasteiger partial charge in [0.25, 0.3) is 0 Å². The number of rotatable bonds is 1. The van der Waals surface area contributed by atoms with E-state index in [0.29, 0.717) is 0 Å². The van der Waals surface area contributed by atoms with Crippen molar-refractivity contribution in [3.8, 4) is 11.3 Å². The highest BCUT2D eigenvalue weighted by molar-refractivity contribution is 9.13. The molecule has 0 aliphatic carbocycles. The molecule has 1 heterocycles. The fourth-order valence-electron chi connectivity index (χ4n) is 1.22. The SMILES string of the molecule is Cn1ccc(-c2ccc(Br)c(Br)c2)n1. The average Bonchev–Trinajstić information content (AvgIpc) is 2.57. The number of aromatic nitrogens is 2. The van der Waals surface area contributed by atoms with E-state index in [4.69, 9.17) is 0 Å². The van der Waals surface area contributed by atoms with E-state index in [1.54, 1.807) is 4.68 Å². The summed E-state index contributed by atoms with van der Waals surface area (Å²) in [4.78, 5) is 0. The van der Waals surface area contributed by atoms with Gasteiger partial charge in [0.1, 0.15) is 0 Å². The van der Waals surface area contributed by atoms with Crippen molar-refractivity contribution in [2.45, 2.75) is 0 Å². The van der Waals surface area contributed by atoms with Crippen molar-refractivity contribution in [3.05, 3.63) is 39.4 Å². The Hall–Kier alpha value is -0.610. The molecule has 0 spiro atoms. The summed E-state index contributed by atoms with van der Waals surface area (Å²) >= 11 is 6.90. The van der Waals surface area contributed by atoms with Crippen LogP contribution in [0.25, 0.3) is 11.3 Å². The number of aryl methyl sites for hydroxylation is 1. The number of hydrogen-bond donors (Lipinski definition) is 0. The predicted octanol–water partition coefficient (Wildman–Crippen LogP) is 3.61. The van der Waals surface area contributed by atoms with Crippen molar-refractivity contribution >= 4 is 31.9 Å². The maximum Gasteiger partial charge on any atom is 0.0923 e. The summed E-state index contributed by atoms with van der Waals surface area (Å²) in [5.74, 6) is 0. The Balaban J connectivity index is 2.47. The molecule has 0 unspecified atom stereocenters. The van der Waals surface area contributed by atoms with Crippen LogP contribution in [0.2, 0.25) is 0 Å². The molecule has 0 aliphatic rings. The van der Waals surface area contributed by atoms with E-state index in [2.05, 4.69) is 37.0 Å². The van der Waals surface area contributed by atoms with Gasteiger partial charge < -0.3 is 0 Å². The van der Waals surface area contributed by atoms with Crippen molar-refractivity contribution in [3.63, 3.8) is 0 Å². The summed E-state index contributed by atoms with van der Waals surface area (Å²) in [5, 5.41) is 4.33. The van der Waals surface area contributed by atoms with Gasteiger partial charge >= 0.3 is 0 Å². The number of hydrogen-bond acceptors (Lipinski definition) is 1. The summed E-state index contributed by atoms with van der Waals surface area (Å²) in [5.41, 5.74) is 2.10. The minimum absolute atomic E-state index is 0.987. The maximum atomic E-state index is 4.33. The van der Waals surface area contributed by atoms with Gasteiger partial charge in [-0.3, -0.25) is 4.68 Å². The lowest BCUT2D eigenvalue weighted by atomic mass is 10.2. The molecule has 0 radical (unpaired) electrons. The van der Waals surface area contributed by atoms with Gasteiger partial charge in [0.05, 0.1) is 5.69 Å². The summed E-state index contributed by atoms with van der Waals surface area (Å²) in [6.07, 6.45) is 1.94. The first-order chi connectivity index (χ1) is 6.66. The third-order valence-electron chi connectivity index (χ3n) is 1.93. The molecule has 0 aliphatic heterocycles. The molecule has 72 valence electrons. The third-order valence-corrected chi connectivity index (χ3v) is 3.81. The van der Waals surface area contributed by atoms with E-state index >= 15 is 0 Å². The van der Waals surface area contributed by atoms with Crippen LogP contribution in [0, 0.1) is 0 Å². The standard InChI is InChI=1S/C10H8Br2N2/c1-14-5-4-10(13-14)7-2-3-8(11)9(12)6-7/h2-6H,1H3. The molecule has 1 aromatic carbocycles. The Kier molecular flexibility index (Phi) is 2.74. The first-order valence-electron chi connectivity index (χ1n) is 4.12. The van der Waals surface area contributed by atoms with E-state index < -0.39 is 0 Å². The van der Waals surface area contributed by atoms with Crippen molar-refractivity contribution in [2.75, 3.05) is 0 Å². The average molecular weight is 316 g/mol. The normalized spacial score (nSPS) is 10.5. The van der Waals surface area contributed by atoms with Crippen LogP contribution in [0.5, 0.6) is 0 Å². The fraction of sp³-hybridized carbons (Fsp3) is 0.100. The highest BCUT2D eigenvalue weighted by Gasteiger charge is 2.03. The maximum absolute atomic E-state index is 4.33. The van der Waals surface area contributed by atoms with Gasteiger partial charge in [0, 0.05) is 27.8 Å². The van der Waals surface area contributed by atoms with Crippen molar-refractivity contribution in [2.24, 2.45) is 7.05 Å². The molecule has 1 aromatic heterocycles. The van der Waals surface area contributed by atoms with E-state index in [9.17, 15) is 0 Å². The Labute approximate surface area is 99.2 Å². The lowest BCUT2D eigenvalue weighted by Crippen LogP contribution is -1.87. The number of benzene rings is 1. The monoisotopic (exact) mass is 314 g/mol. The molecule has 14 heavy (non-hydrogen) atoms. The van der Waals surface area contributed by atoms with Gasteiger partial charge in [-0.1, -0.05) is 6.07 Å². The number of halogens is 2. The van der Waals surface area contributed by atoms with Gasteiger partial charge in [0.2, 0.25) is 0 Å². The van der Waals surface area contributed by atoms with Gasteiger partial charge in [0.15, 0.2) is 0 Å². The second kappa shape index (κ2) is 3.87. The summed E-state index contributed by atoms with van der Waals surface area (Å²) in [7, 11) is 1.91. The molecule has 0 atom stereocenters. The van der Waals surface area contributed by atoms with Crippen LogP contribution in [-0.2, 0) is 7.05 Å². The van der Waals surface area contributed by atoms with Crippen molar-refractivity contribution in [1.82, 2.24) is 9.78 Å². The lowest BCUT2D eigenvalue weighted by Gasteiger charge is -1.99. The van der Waals surface area contributed by atoms with Gasteiger partial charge in [-0.15, -0.1) is 0 Å². The van der Waals surface area contributed by atoms with Crippen LogP contribution < -0.4 is 0 Å². The second-order valence-corrected chi connectivity index (χ2v) is 4.71. The third kappa shape index (κ3) is 1.91. The topological polar surface area (TPSA) is 17.8 Å². The van der Waals surface area contributed by atoms with Crippen LogP contribution in [0.3, 0.4) is 0 Å². The summed E-state index contributed by atoms with van der Waals surface area (Å²) in [6.45, 7) is 0. The molecule has 0 saturated heterocycles. The van der Waals surface area contributed by atoms with Crippen molar-refractivity contribution < 1.29 is 0 Å². The van der Waals surface area contributed by atoms with Crippen LogP contribution in [-0.4, -0.2) is 9.78 Å². The lowest BCUT2D eigenvalue weighted by molar-refractivity contribution is 0.771. The quantitative estimate of drug-likeness (QED) is 0.786. The second-order valence-electron chi connectivity index (χ2n) is 3.00. The van der Waals surface area contributed by atoms with Gasteiger partial charge in [-0.2, -0.15) is 5.10 Å². The van der Waals surface area contributed by atoms with Crippen LogP contribution >= 0.6 is 31.9 Å². The van der Waals surface area contributed by atoms with Crippen LogP contribution in [0.4, 0.5) is 0 Å². The van der Waals surface area contributed by atoms with E-state index in [1.165, 1.54) is 0 Å². The molecule has 0 saturated carbocycles. The molecule has 0 N–H and O–H groups in total. The highest BCUT2D eigenvalue weighted by atomic mass is 79.9. The predicted molar refractivity (Wildman–Crippen MR) is 64.0 cm³/mol. The Morgan fingerprint density at radius 1 is 1.14 bits per heavy atom. The zero-order valence-electron chi connectivity index (χ0n) is 7.54. The minimum atomic E-state index is 0.987. The molecule has 2 nitrogen and oxygen atoms in total. The molecule has 0 amide bonds. The van der Waals surface area contributed by atoms with Crippen LogP contribution in [0.15, 0.2) is 39.4 Å². The van der Waals surface area contributed by atoms with Crippen LogP contribution in [0.1, 0.15) is 0 Å². The summed E-state index contributed by atoms with van der Waals surface area (Å²) < 4.78 is 3.89. The molecule has 2 aromatic rings. The largest absolute Gasteiger partial charge is 0.275 e. The summed E-state index contributed by atoms with van der Waals surface area (Å²) in [6, 6.07) is 8.09. The Bertz CT molecular complexity index is 463. The first-order valence-corrected chi connectivity index (χ1v) is 5.70. The number of nitrogens with zero attached hydrogens (tertiary/aromatic N) is 2. The van der Waals surface area contributed by atoms with E-state index in [0.717, 1.165) is 20.2 Å². The minimum Gasteiger partial charge on any atom is -0.275 e. The molecular weight excluding hydrogens is 308 g/mol. The van der Waals surface area contributed by atoms with E-state index in [-0.39, 0.29) is 0 Å². The molecule has 2 rings (SSSR count). The van der Waals surface area contributed by atoms with Gasteiger partial charge in [-0.05, 0) is 50.1 Å². The fourth-order valence-corrected chi connectivity index (χ4v) is 1.85. The zero-order chi connectivity index (χ0) is 10.1. The highest BCUT2D eigenvalue weighted by Crippen LogP contribution is 2.28. The van der Waals surface area contributed by atoms with E-state index in [1.807, 2.05) is 37.5 Å². The van der Waals surface area contributed by atoms with Gasteiger partial charge in [-0.25, -0.2) is 0 Å². The molecular formula is C10H8Br2N2. The molecule has 4 heteroatoms. The first kappa shape index (κ1) is 9.93. The molecule has 0 fully saturated rings.